The number of aryl methyl sites for hydroxylation is 1. The zero-order chi connectivity index (χ0) is 14.0. The maximum Gasteiger partial charge on any atom is 0.350 e. The highest BCUT2D eigenvalue weighted by atomic mass is 32.1. The minimum absolute atomic E-state index is 0.316. The monoisotopic (exact) mass is 275 g/mol. The molecular formula is C15H17NO2S. The number of carbonyl (C=O) groups excluding carboxylic acids is 1. The second-order valence-electron chi connectivity index (χ2n) is 5.45. The fourth-order valence-corrected chi connectivity index (χ4v) is 2.28. The summed E-state index contributed by atoms with van der Waals surface area (Å²) in [5, 5.41) is 0. The van der Waals surface area contributed by atoms with Crippen molar-refractivity contribution in [3.8, 4) is 11.3 Å². The second kappa shape index (κ2) is 5.13. The molecule has 0 bridgehead atoms. The largest absolute Gasteiger partial charge is 0.456 e. The molecule has 0 aliphatic heterocycles. The molecule has 4 heteroatoms. The molecule has 0 fully saturated rings. The number of hydrogen-bond acceptors (Lipinski definition) is 4. The Morgan fingerprint density at radius 2 is 2.00 bits per heavy atom. The summed E-state index contributed by atoms with van der Waals surface area (Å²) in [5.74, 6) is -0.316. The predicted octanol–water partition coefficient (Wildman–Crippen LogP) is 4.07. The Morgan fingerprint density at radius 1 is 1.26 bits per heavy atom. The number of aromatic nitrogens is 1. The van der Waals surface area contributed by atoms with Crippen LogP contribution in [-0.4, -0.2) is 15.9 Å². The standard InChI is InChI=1S/C15H17NO2S/c1-10-6-5-7-11(8-10)12-9-13(19-16-12)14(17)18-15(2,3)4/h5-9H,1-4H3. The van der Waals surface area contributed by atoms with Gasteiger partial charge < -0.3 is 4.74 Å². The molecule has 100 valence electrons. The van der Waals surface area contributed by atoms with Crippen LogP contribution in [0.2, 0.25) is 0 Å². The van der Waals surface area contributed by atoms with Gasteiger partial charge in [0.1, 0.15) is 10.5 Å². The van der Waals surface area contributed by atoms with Crippen LogP contribution in [-0.2, 0) is 4.74 Å². The Bertz CT molecular complexity index is 596. The highest BCUT2D eigenvalue weighted by Gasteiger charge is 2.20. The summed E-state index contributed by atoms with van der Waals surface area (Å²) in [7, 11) is 0. The predicted molar refractivity (Wildman–Crippen MR) is 77.5 cm³/mol. The van der Waals surface area contributed by atoms with Gasteiger partial charge in [-0.15, -0.1) is 0 Å². The van der Waals surface area contributed by atoms with Crippen molar-refractivity contribution >= 4 is 17.5 Å². The second-order valence-corrected chi connectivity index (χ2v) is 6.25. The summed E-state index contributed by atoms with van der Waals surface area (Å²) in [6.45, 7) is 7.60. The normalized spacial score (nSPS) is 11.4. The first-order valence-corrected chi connectivity index (χ1v) is 6.89. The molecule has 0 saturated carbocycles. The SMILES string of the molecule is Cc1cccc(-c2cc(C(=O)OC(C)(C)C)sn2)c1. The van der Waals surface area contributed by atoms with Crippen LogP contribution in [0.25, 0.3) is 11.3 Å². The van der Waals surface area contributed by atoms with Crippen LogP contribution in [0, 0.1) is 6.92 Å². The van der Waals surface area contributed by atoms with Crippen molar-refractivity contribution in [2.24, 2.45) is 0 Å². The summed E-state index contributed by atoms with van der Waals surface area (Å²) in [5.41, 5.74) is 2.52. The number of benzene rings is 1. The first kappa shape index (κ1) is 13.7. The molecule has 1 aromatic heterocycles. The van der Waals surface area contributed by atoms with E-state index < -0.39 is 5.60 Å². The van der Waals surface area contributed by atoms with Gasteiger partial charge in [0.2, 0.25) is 0 Å². The van der Waals surface area contributed by atoms with Gasteiger partial charge in [-0.25, -0.2) is 4.79 Å². The molecule has 2 aromatic rings. The molecule has 0 N–H and O–H groups in total. The topological polar surface area (TPSA) is 39.2 Å². The lowest BCUT2D eigenvalue weighted by Gasteiger charge is -2.18. The lowest BCUT2D eigenvalue weighted by Crippen LogP contribution is -2.23. The van der Waals surface area contributed by atoms with Crippen LogP contribution in [0.4, 0.5) is 0 Å². The minimum atomic E-state index is -0.482. The summed E-state index contributed by atoms with van der Waals surface area (Å²) in [4.78, 5) is 12.5. The van der Waals surface area contributed by atoms with Crippen molar-refractivity contribution < 1.29 is 9.53 Å². The smallest absolute Gasteiger partial charge is 0.350 e. The lowest BCUT2D eigenvalue weighted by molar-refractivity contribution is 0.00753. The molecule has 19 heavy (non-hydrogen) atoms. The number of esters is 1. The Labute approximate surface area is 117 Å². The third kappa shape index (κ3) is 3.64. The maximum absolute atomic E-state index is 11.9. The first-order chi connectivity index (χ1) is 8.85. The summed E-state index contributed by atoms with van der Waals surface area (Å²) in [6, 6.07) is 9.84. The number of ether oxygens (including phenoxy) is 1. The van der Waals surface area contributed by atoms with Crippen LogP contribution in [0.5, 0.6) is 0 Å². The molecule has 0 atom stereocenters. The Morgan fingerprint density at radius 3 is 2.63 bits per heavy atom. The van der Waals surface area contributed by atoms with E-state index in [2.05, 4.69) is 4.37 Å². The highest BCUT2D eigenvalue weighted by molar-refractivity contribution is 7.08. The number of hydrogen-bond donors (Lipinski definition) is 0. The van der Waals surface area contributed by atoms with Crippen molar-refractivity contribution in [2.75, 3.05) is 0 Å². The fourth-order valence-electron chi connectivity index (χ4n) is 1.64. The molecule has 2 rings (SSSR count). The van der Waals surface area contributed by atoms with E-state index in [1.54, 1.807) is 6.07 Å². The Hall–Kier alpha value is -1.68. The quantitative estimate of drug-likeness (QED) is 0.775. The van der Waals surface area contributed by atoms with Gasteiger partial charge in [0.25, 0.3) is 0 Å². The van der Waals surface area contributed by atoms with Crippen molar-refractivity contribution in [3.05, 3.63) is 40.8 Å². The van der Waals surface area contributed by atoms with E-state index in [-0.39, 0.29) is 5.97 Å². The number of nitrogens with zero attached hydrogens (tertiary/aromatic N) is 1. The summed E-state index contributed by atoms with van der Waals surface area (Å²) in [6.07, 6.45) is 0. The van der Waals surface area contributed by atoms with Gasteiger partial charge in [0, 0.05) is 5.56 Å². The molecule has 1 aromatic carbocycles. The van der Waals surface area contributed by atoms with E-state index in [0.717, 1.165) is 11.3 Å². The van der Waals surface area contributed by atoms with Crippen LogP contribution < -0.4 is 0 Å². The van der Waals surface area contributed by atoms with Crippen molar-refractivity contribution in [1.82, 2.24) is 4.37 Å². The van der Waals surface area contributed by atoms with Crippen molar-refractivity contribution in [3.63, 3.8) is 0 Å². The van der Waals surface area contributed by atoms with Gasteiger partial charge in [-0.3, -0.25) is 0 Å². The Balaban J connectivity index is 2.22. The summed E-state index contributed by atoms with van der Waals surface area (Å²) < 4.78 is 9.65. The van der Waals surface area contributed by atoms with E-state index in [0.29, 0.717) is 4.88 Å². The zero-order valence-electron chi connectivity index (χ0n) is 11.6. The van der Waals surface area contributed by atoms with E-state index in [1.807, 2.05) is 52.0 Å². The van der Waals surface area contributed by atoms with Gasteiger partial charge in [-0.2, -0.15) is 4.37 Å². The number of carbonyl (C=O) groups is 1. The average Bonchev–Trinajstić information content (AvgIpc) is 2.75. The van der Waals surface area contributed by atoms with Crippen LogP contribution >= 0.6 is 11.5 Å². The van der Waals surface area contributed by atoms with Gasteiger partial charge in [0.05, 0.1) is 5.69 Å². The van der Waals surface area contributed by atoms with Gasteiger partial charge in [-0.1, -0.05) is 23.8 Å². The lowest BCUT2D eigenvalue weighted by atomic mass is 10.1. The molecule has 0 saturated heterocycles. The van der Waals surface area contributed by atoms with Gasteiger partial charge >= 0.3 is 5.97 Å². The number of rotatable bonds is 2. The maximum atomic E-state index is 11.9. The van der Waals surface area contributed by atoms with Gasteiger partial charge in [0.15, 0.2) is 0 Å². The Kier molecular flexibility index (Phi) is 3.71. The van der Waals surface area contributed by atoms with Crippen LogP contribution in [0.15, 0.2) is 30.3 Å². The van der Waals surface area contributed by atoms with E-state index in [4.69, 9.17) is 4.74 Å². The van der Waals surface area contributed by atoms with E-state index >= 15 is 0 Å². The molecule has 0 spiro atoms. The molecule has 0 unspecified atom stereocenters. The molecule has 3 nitrogen and oxygen atoms in total. The van der Waals surface area contributed by atoms with E-state index in [1.165, 1.54) is 17.1 Å². The zero-order valence-corrected chi connectivity index (χ0v) is 12.4. The van der Waals surface area contributed by atoms with Crippen molar-refractivity contribution in [1.29, 1.82) is 0 Å². The molecule has 0 aliphatic rings. The fraction of sp³-hybridized carbons (Fsp3) is 0.333. The minimum Gasteiger partial charge on any atom is -0.456 e. The first-order valence-electron chi connectivity index (χ1n) is 6.12. The summed E-state index contributed by atoms with van der Waals surface area (Å²) >= 11 is 1.17. The highest BCUT2D eigenvalue weighted by Crippen LogP contribution is 2.24. The molecule has 1 heterocycles. The van der Waals surface area contributed by atoms with Crippen LogP contribution in [0.1, 0.15) is 36.0 Å². The van der Waals surface area contributed by atoms with Crippen molar-refractivity contribution in [2.45, 2.75) is 33.3 Å². The molecule has 0 radical (unpaired) electrons. The molecule has 0 aliphatic carbocycles. The third-order valence-corrected chi connectivity index (χ3v) is 3.19. The van der Waals surface area contributed by atoms with Gasteiger partial charge in [-0.05, 0) is 51.4 Å². The molecule has 0 amide bonds. The van der Waals surface area contributed by atoms with Crippen LogP contribution in [0.3, 0.4) is 0 Å². The molecular weight excluding hydrogens is 258 g/mol. The van der Waals surface area contributed by atoms with E-state index in [9.17, 15) is 4.79 Å². The average molecular weight is 275 g/mol. The third-order valence-electron chi connectivity index (χ3n) is 2.42.